The molecule has 112 valence electrons. The summed E-state index contributed by atoms with van der Waals surface area (Å²) < 4.78 is 10.5. The van der Waals surface area contributed by atoms with Gasteiger partial charge in [0.25, 0.3) is 5.69 Å². The summed E-state index contributed by atoms with van der Waals surface area (Å²) in [5.41, 5.74) is 8.36. The molecule has 2 aromatic carbocycles. The number of nitrogens with zero attached hydrogens (tertiary/aromatic N) is 2. The first-order valence-corrected chi connectivity index (χ1v) is 7.27. The molecule has 0 spiro atoms. The van der Waals surface area contributed by atoms with E-state index >= 15 is 0 Å². The first kappa shape index (κ1) is 14.3. The Morgan fingerprint density at radius 1 is 1.32 bits per heavy atom. The zero-order chi connectivity index (χ0) is 15.9. The van der Waals surface area contributed by atoms with Crippen LogP contribution in [0.5, 0.6) is 5.75 Å². The number of rotatable bonds is 3. The SMILES string of the molecule is COc1ccc(-c2nsc3cc(N)c([N+](=O)[O-])cc23)cc1C. The van der Waals surface area contributed by atoms with Crippen molar-refractivity contribution in [3.63, 3.8) is 0 Å². The van der Waals surface area contributed by atoms with Crippen molar-refractivity contribution in [1.29, 1.82) is 0 Å². The maximum atomic E-state index is 11.1. The van der Waals surface area contributed by atoms with E-state index in [2.05, 4.69) is 4.37 Å². The minimum atomic E-state index is -0.477. The number of benzene rings is 2. The van der Waals surface area contributed by atoms with E-state index < -0.39 is 4.92 Å². The maximum Gasteiger partial charge on any atom is 0.292 e. The lowest BCUT2D eigenvalue weighted by Gasteiger charge is -2.06. The Hall–Kier alpha value is -2.67. The second kappa shape index (κ2) is 5.27. The molecule has 22 heavy (non-hydrogen) atoms. The van der Waals surface area contributed by atoms with Gasteiger partial charge in [-0.3, -0.25) is 10.1 Å². The fourth-order valence-corrected chi connectivity index (χ4v) is 3.21. The number of aryl methyl sites for hydroxylation is 1. The van der Waals surface area contributed by atoms with Gasteiger partial charge in [0.2, 0.25) is 0 Å². The van der Waals surface area contributed by atoms with E-state index in [-0.39, 0.29) is 11.4 Å². The number of nitro benzene ring substituents is 1. The van der Waals surface area contributed by atoms with Crippen LogP contribution >= 0.6 is 11.5 Å². The second-order valence-electron chi connectivity index (χ2n) is 4.88. The number of fused-ring (bicyclic) bond motifs is 1. The number of anilines is 1. The van der Waals surface area contributed by atoms with E-state index in [1.54, 1.807) is 13.2 Å². The van der Waals surface area contributed by atoms with Gasteiger partial charge in [-0.15, -0.1) is 0 Å². The minimum absolute atomic E-state index is 0.0980. The van der Waals surface area contributed by atoms with Crippen LogP contribution in [0, 0.1) is 17.0 Å². The first-order chi connectivity index (χ1) is 10.5. The molecule has 1 aromatic heterocycles. The molecular weight excluding hydrogens is 302 g/mol. The van der Waals surface area contributed by atoms with Gasteiger partial charge in [-0.2, -0.15) is 4.37 Å². The van der Waals surface area contributed by atoms with Crippen LogP contribution in [0.2, 0.25) is 0 Å². The standard InChI is InChI=1S/C15H13N3O3S/c1-8-5-9(3-4-13(8)21-2)15-10-6-12(18(19)20)11(16)7-14(10)22-17-15/h3-7H,16H2,1-2H3. The predicted molar refractivity (Wildman–Crippen MR) is 87.4 cm³/mol. The van der Waals surface area contributed by atoms with Crippen molar-refractivity contribution >= 4 is 33.0 Å². The molecule has 2 N–H and O–H groups in total. The Kier molecular flexibility index (Phi) is 3.42. The van der Waals surface area contributed by atoms with Gasteiger partial charge in [-0.25, -0.2) is 0 Å². The van der Waals surface area contributed by atoms with Crippen molar-refractivity contribution < 1.29 is 9.66 Å². The summed E-state index contributed by atoms with van der Waals surface area (Å²) in [6, 6.07) is 8.80. The lowest BCUT2D eigenvalue weighted by molar-refractivity contribution is -0.383. The van der Waals surface area contributed by atoms with E-state index in [0.717, 1.165) is 27.0 Å². The maximum absolute atomic E-state index is 11.1. The molecule has 0 fully saturated rings. The van der Waals surface area contributed by atoms with E-state index in [1.165, 1.54) is 17.6 Å². The molecule has 0 radical (unpaired) electrons. The molecule has 1 heterocycles. The van der Waals surface area contributed by atoms with Crippen molar-refractivity contribution in [1.82, 2.24) is 4.37 Å². The van der Waals surface area contributed by atoms with Crippen molar-refractivity contribution in [3.8, 4) is 17.0 Å². The van der Waals surface area contributed by atoms with E-state index in [4.69, 9.17) is 10.5 Å². The number of methoxy groups -OCH3 is 1. The quantitative estimate of drug-likeness (QED) is 0.451. The Bertz CT molecular complexity index is 889. The molecule has 0 saturated heterocycles. The Balaban J connectivity index is 2.21. The summed E-state index contributed by atoms with van der Waals surface area (Å²) >= 11 is 1.28. The van der Waals surface area contributed by atoms with Gasteiger partial charge in [-0.05, 0) is 48.3 Å². The zero-order valence-electron chi connectivity index (χ0n) is 12.0. The average molecular weight is 315 g/mol. The predicted octanol–water partition coefficient (Wildman–Crippen LogP) is 3.77. The van der Waals surface area contributed by atoms with Crippen LogP contribution in [-0.4, -0.2) is 16.4 Å². The van der Waals surface area contributed by atoms with E-state index in [9.17, 15) is 10.1 Å². The molecule has 0 aliphatic carbocycles. The number of aromatic nitrogens is 1. The molecule has 0 unspecified atom stereocenters. The van der Waals surface area contributed by atoms with Crippen LogP contribution in [0.4, 0.5) is 11.4 Å². The second-order valence-corrected chi connectivity index (χ2v) is 5.68. The van der Waals surface area contributed by atoms with E-state index in [0.29, 0.717) is 5.69 Å². The summed E-state index contributed by atoms with van der Waals surface area (Å²) in [5, 5.41) is 11.8. The van der Waals surface area contributed by atoms with Crippen LogP contribution < -0.4 is 10.5 Å². The highest BCUT2D eigenvalue weighted by molar-refractivity contribution is 7.13. The lowest BCUT2D eigenvalue weighted by Crippen LogP contribution is -1.95. The van der Waals surface area contributed by atoms with Gasteiger partial charge in [-0.1, -0.05) is 0 Å². The van der Waals surface area contributed by atoms with Gasteiger partial charge in [0.1, 0.15) is 11.4 Å². The number of hydrogen-bond donors (Lipinski definition) is 1. The Labute approximate surface area is 130 Å². The number of nitrogen functional groups attached to an aromatic ring is 1. The van der Waals surface area contributed by atoms with Crippen LogP contribution in [0.1, 0.15) is 5.56 Å². The highest BCUT2D eigenvalue weighted by atomic mass is 32.1. The first-order valence-electron chi connectivity index (χ1n) is 6.49. The number of nitrogens with two attached hydrogens (primary N) is 1. The van der Waals surface area contributed by atoms with Crippen molar-refractivity contribution in [2.24, 2.45) is 0 Å². The Morgan fingerprint density at radius 2 is 2.09 bits per heavy atom. The summed E-state index contributed by atoms with van der Waals surface area (Å²) in [6.07, 6.45) is 0. The van der Waals surface area contributed by atoms with Crippen LogP contribution in [0.15, 0.2) is 30.3 Å². The molecular formula is C15H13N3O3S. The normalized spacial score (nSPS) is 10.8. The lowest BCUT2D eigenvalue weighted by atomic mass is 10.0. The summed E-state index contributed by atoms with van der Waals surface area (Å²) in [4.78, 5) is 10.6. The molecule has 3 rings (SSSR count). The molecule has 0 bridgehead atoms. The van der Waals surface area contributed by atoms with Gasteiger partial charge in [0, 0.05) is 17.0 Å². The number of nitro groups is 1. The van der Waals surface area contributed by atoms with Gasteiger partial charge >= 0.3 is 0 Å². The molecule has 0 aliphatic heterocycles. The largest absolute Gasteiger partial charge is 0.496 e. The fourth-order valence-electron chi connectivity index (χ4n) is 2.38. The van der Waals surface area contributed by atoms with Gasteiger partial charge in [0.15, 0.2) is 0 Å². The molecule has 6 nitrogen and oxygen atoms in total. The van der Waals surface area contributed by atoms with Gasteiger partial charge in [0.05, 0.1) is 22.4 Å². The third-order valence-corrected chi connectivity index (χ3v) is 4.29. The molecule has 0 atom stereocenters. The van der Waals surface area contributed by atoms with E-state index in [1.807, 2.05) is 25.1 Å². The molecule has 3 aromatic rings. The molecule has 0 amide bonds. The summed E-state index contributed by atoms with van der Waals surface area (Å²) in [6.45, 7) is 1.94. The topological polar surface area (TPSA) is 91.3 Å². The molecule has 7 heteroatoms. The van der Waals surface area contributed by atoms with Crippen LogP contribution in [0.25, 0.3) is 21.3 Å². The smallest absolute Gasteiger partial charge is 0.292 e. The minimum Gasteiger partial charge on any atom is -0.496 e. The number of hydrogen-bond acceptors (Lipinski definition) is 6. The highest BCUT2D eigenvalue weighted by Gasteiger charge is 2.17. The highest BCUT2D eigenvalue weighted by Crippen LogP contribution is 2.37. The van der Waals surface area contributed by atoms with Crippen molar-refractivity contribution in [2.45, 2.75) is 6.92 Å². The van der Waals surface area contributed by atoms with Crippen molar-refractivity contribution in [3.05, 3.63) is 46.0 Å². The van der Waals surface area contributed by atoms with Crippen LogP contribution in [-0.2, 0) is 0 Å². The molecule has 0 saturated carbocycles. The average Bonchev–Trinajstić information content (AvgIpc) is 2.88. The Morgan fingerprint density at radius 3 is 2.73 bits per heavy atom. The van der Waals surface area contributed by atoms with Crippen molar-refractivity contribution in [2.75, 3.05) is 12.8 Å². The summed E-state index contributed by atoms with van der Waals surface area (Å²) in [5.74, 6) is 0.790. The number of ether oxygens (including phenoxy) is 1. The van der Waals surface area contributed by atoms with Crippen LogP contribution in [0.3, 0.4) is 0 Å². The fraction of sp³-hybridized carbons (Fsp3) is 0.133. The monoisotopic (exact) mass is 315 g/mol. The van der Waals surface area contributed by atoms with Gasteiger partial charge < -0.3 is 10.5 Å². The molecule has 0 aliphatic rings. The zero-order valence-corrected chi connectivity index (χ0v) is 12.8. The third kappa shape index (κ3) is 2.25. The third-order valence-electron chi connectivity index (χ3n) is 3.48. The summed E-state index contributed by atoms with van der Waals surface area (Å²) in [7, 11) is 1.62.